The van der Waals surface area contributed by atoms with E-state index >= 15 is 0 Å². The Balaban J connectivity index is 1.58. The van der Waals surface area contributed by atoms with Crippen molar-refractivity contribution >= 4 is 0 Å². The van der Waals surface area contributed by atoms with E-state index in [-0.39, 0.29) is 11.6 Å². The predicted octanol–water partition coefficient (Wildman–Crippen LogP) is 3.96. The van der Waals surface area contributed by atoms with Gasteiger partial charge in [0.2, 0.25) is 0 Å². The fourth-order valence-electron chi connectivity index (χ4n) is 3.86. The van der Waals surface area contributed by atoms with Crippen LogP contribution < -0.4 is 0 Å². The van der Waals surface area contributed by atoms with Gasteiger partial charge in [-0.2, -0.15) is 0 Å². The summed E-state index contributed by atoms with van der Waals surface area (Å²) in [6, 6.07) is 21.8. The minimum absolute atomic E-state index is 0.168. The summed E-state index contributed by atoms with van der Waals surface area (Å²) >= 11 is 0. The van der Waals surface area contributed by atoms with Gasteiger partial charge in [-0.05, 0) is 31.4 Å². The summed E-state index contributed by atoms with van der Waals surface area (Å²) in [4.78, 5) is 4.92. The highest BCUT2D eigenvalue weighted by atomic mass is 16.5. The van der Waals surface area contributed by atoms with Gasteiger partial charge in [-0.25, -0.2) is 0 Å². The quantitative estimate of drug-likeness (QED) is 0.696. The molecule has 1 aliphatic rings. The number of aliphatic hydroxyl groups excluding tert-OH is 1. The summed E-state index contributed by atoms with van der Waals surface area (Å²) in [7, 11) is 0. The average Bonchev–Trinajstić information content (AvgIpc) is 2.75. The van der Waals surface area contributed by atoms with E-state index in [2.05, 4.69) is 91.2 Å². The fraction of sp³-hybridized carbons (Fsp3) is 0.520. The van der Waals surface area contributed by atoms with Gasteiger partial charge >= 0.3 is 0 Å². The number of rotatable bonds is 9. The molecule has 1 heterocycles. The van der Waals surface area contributed by atoms with E-state index in [1.165, 1.54) is 11.1 Å². The largest absolute Gasteiger partial charge is 0.389 e. The molecule has 1 fully saturated rings. The van der Waals surface area contributed by atoms with Crippen molar-refractivity contribution in [2.24, 2.45) is 0 Å². The molecule has 0 spiro atoms. The van der Waals surface area contributed by atoms with E-state index in [9.17, 15) is 5.11 Å². The zero-order valence-electron chi connectivity index (χ0n) is 18.1. The first-order valence-electron chi connectivity index (χ1n) is 10.9. The molecule has 4 heteroatoms. The molecule has 1 atom stereocenters. The molecule has 0 unspecified atom stereocenters. The van der Waals surface area contributed by atoms with Crippen molar-refractivity contribution in [1.82, 2.24) is 9.80 Å². The maximum absolute atomic E-state index is 10.4. The first kappa shape index (κ1) is 22.0. The molecule has 0 radical (unpaired) electrons. The molecule has 1 N–H and O–H groups in total. The topological polar surface area (TPSA) is 35.9 Å². The fourth-order valence-corrected chi connectivity index (χ4v) is 3.86. The summed E-state index contributed by atoms with van der Waals surface area (Å²) in [5.74, 6) is 0. The lowest BCUT2D eigenvalue weighted by atomic mass is 9.96. The number of β-amino-alcohol motifs (C(OH)–C–C–N with tert-alkyl or cyclic N) is 1. The minimum atomic E-state index is -0.439. The summed E-state index contributed by atoms with van der Waals surface area (Å²) < 4.78 is 5.87. The summed E-state index contributed by atoms with van der Waals surface area (Å²) in [6.07, 6.45) is 0.505. The third kappa shape index (κ3) is 6.38. The second kappa shape index (κ2) is 10.4. The number of aliphatic hydroxyl groups is 1. The van der Waals surface area contributed by atoms with Gasteiger partial charge in [-0.1, -0.05) is 67.6 Å². The number of ether oxygens (including phenoxy) is 1. The number of hydrogen-bond acceptors (Lipinski definition) is 4. The van der Waals surface area contributed by atoms with Crippen LogP contribution in [0.4, 0.5) is 0 Å². The SMILES string of the molecule is CCC(C)(C)OC[C@@H](O)CN1CCN(C(c2ccccc2)c2ccccc2)CC1. The number of hydrogen-bond donors (Lipinski definition) is 1. The zero-order chi connectivity index (χ0) is 20.7. The van der Waals surface area contributed by atoms with E-state index in [0.29, 0.717) is 13.2 Å². The predicted molar refractivity (Wildman–Crippen MR) is 119 cm³/mol. The van der Waals surface area contributed by atoms with E-state index in [1.54, 1.807) is 0 Å². The van der Waals surface area contributed by atoms with Gasteiger partial charge < -0.3 is 9.84 Å². The zero-order valence-corrected chi connectivity index (χ0v) is 18.1. The summed E-state index contributed by atoms with van der Waals surface area (Å²) in [6.45, 7) is 11.2. The molecule has 0 aromatic heterocycles. The van der Waals surface area contributed by atoms with Crippen LogP contribution in [0.3, 0.4) is 0 Å². The van der Waals surface area contributed by atoms with Crippen LogP contribution in [0.25, 0.3) is 0 Å². The van der Waals surface area contributed by atoms with Crippen LogP contribution >= 0.6 is 0 Å². The molecule has 0 saturated carbocycles. The number of nitrogens with zero attached hydrogens (tertiary/aromatic N) is 2. The summed E-state index contributed by atoms with van der Waals surface area (Å²) in [5.41, 5.74) is 2.50. The van der Waals surface area contributed by atoms with Crippen molar-refractivity contribution in [2.45, 2.75) is 44.9 Å². The van der Waals surface area contributed by atoms with Crippen LogP contribution in [0.5, 0.6) is 0 Å². The second-order valence-electron chi connectivity index (χ2n) is 8.64. The molecule has 3 rings (SSSR count). The van der Waals surface area contributed by atoms with Gasteiger partial charge in [-0.3, -0.25) is 9.80 Å². The van der Waals surface area contributed by atoms with Crippen molar-refractivity contribution in [3.8, 4) is 0 Å². The second-order valence-corrected chi connectivity index (χ2v) is 8.64. The molecule has 2 aromatic rings. The molecular formula is C25H36N2O2. The van der Waals surface area contributed by atoms with E-state index in [1.807, 2.05) is 0 Å². The molecule has 158 valence electrons. The Morgan fingerprint density at radius 2 is 1.41 bits per heavy atom. The van der Waals surface area contributed by atoms with Crippen LogP contribution in [0.1, 0.15) is 44.4 Å². The standard InChI is InChI=1S/C25H36N2O2/c1-4-25(2,3)29-20-23(28)19-26-15-17-27(18-16-26)24(21-11-7-5-8-12-21)22-13-9-6-10-14-22/h5-14,23-24,28H,4,15-20H2,1-3H3/t23-/m0/s1. The van der Waals surface area contributed by atoms with Crippen LogP contribution in [0.2, 0.25) is 0 Å². The lowest BCUT2D eigenvalue weighted by molar-refractivity contribution is -0.0696. The maximum Gasteiger partial charge on any atom is 0.0900 e. The highest BCUT2D eigenvalue weighted by Gasteiger charge is 2.27. The monoisotopic (exact) mass is 396 g/mol. The Labute approximate surface area is 176 Å². The van der Waals surface area contributed by atoms with Gasteiger partial charge in [0.05, 0.1) is 24.4 Å². The Hall–Kier alpha value is -1.72. The molecule has 0 amide bonds. The third-order valence-corrected chi connectivity index (χ3v) is 5.99. The normalized spacial score (nSPS) is 17.6. The van der Waals surface area contributed by atoms with Crippen LogP contribution in [-0.2, 0) is 4.74 Å². The van der Waals surface area contributed by atoms with E-state index in [4.69, 9.17) is 4.74 Å². The summed E-state index contributed by atoms with van der Waals surface area (Å²) in [5, 5.41) is 10.4. The van der Waals surface area contributed by atoms with Crippen molar-refractivity contribution < 1.29 is 9.84 Å². The first-order valence-corrected chi connectivity index (χ1v) is 10.9. The molecular weight excluding hydrogens is 360 g/mol. The molecule has 29 heavy (non-hydrogen) atoms. The molecule has 1 aliphatic heterocycles. The number of piperazine rings is 1. The molecule has 2 aromatic carbocycles. The van der Waals surface area contributed by atoms with Crippen LogP contribution in [0.15, 0.2) is 60.7 Å². The van der Waals surface area contributed by atoms with Gasteiger partial charge in [0.25, 0.3) is 0 Å². The highest BCUT2D eigenvalue weighted by Crippen LogP contribution is 2.29. The average molecular weight is 397 g/mol. The third-order valence-electron chi connectivity index (χ3n) is 5.99. The van der Waals surface area contributed by atoms with Gasteiger partial charge in [0.15, 0.2) is 0 Å². The van der Waals surface area contributed by atoms with Crippen molar-refractivity contribution in [2.75, 3.05) is 39.3 Å². The Kier molecular flexibility index (Phi) is 7.84. The highest BCUT2D eigenvalue weighted by molar-refractivity contribution is 5.31. The Bertz CT molecular complexity index is 673. The lowest BCUT2D eigenvalue weighted by Gasteiger charge is -2.40. The Morgan fingerprint density at radius 3 is 1.90 bits per heavy atom. The van der Waals surface area contributed by atoms with Crippen molar-refractivity contribution in [3.05, 3.63) is 71.8 Å². The molecule has 1 saturated heterocycles. The molecule has 0 bridgehead atoms. The van der Waals surface area contributed by atoms with Crippen molar-refractivity contribution in [1.29, 1.82) is 0 Å². The minimum Gasteiger partial charge on any atom is -0.389 e. The van der Waals surface area contributed by atoms with E-state index in [0.717, 1.165) is 32.6 Å². The van der Waals surface area contributed by atoms with Gasteiger partial charge in [-0.15, -0.1) is 0 Å². The van der Waals surface area contributed by atoms with Crippen LogP contribution in [0, 0.1) is 0 Å². The molecule has 4 nitrogen and oxygen atoms in total. The van der Waals surface area contributed by atoms with Crippen LogP contribution in [-0.4, -0.2) is 65.9 Å². The van der Waals surface area contributed by atoms with Gasteiger partial charge in [0.1, 0.15) is 0 Å². The van der Waals surface area contributed by atoms with Crippen molar-refractivity contribution in [3.63, 3.8) is 0 Å². The first-order chi connectivity index (χ1) is 14.0. The smallest absolute Gasteiger partial charge is 0.0900 e. The maximum atomic E-state index is 10.4. The number of benzene rings is 2. The van der Waals surface area contributed by atoms with Gasteiger partial charge in [0, 0.05) is 32.7 Å². The lowest BCUT2D eigenvalue weighted by Crippen LogP contribution is -2.50. The van der Waals surface area contributed by atoms with E-state index < -0.39 is 6.10 Å². The molecule has 0 aliphatic carbocycles. The Morgan fingerprint density at radius 1 is 0.897 bits per heavy atom.